The van der Waals surface area contributed by atoms with Gasteiger partial charge in [0.15, 0.2) is 0 Å². The average molecular weight is 433 g/mol. The Bertz CT molecular complexity index is 1230. The molecule has 2 aliphatic heterocycles. The number of hydrogen-bond acceptors (Lipinski definition) is 3. The van der Waals surface area contributed by atoms with Crippen LogP contribution in [-0.4, -0.2) is 33.8 Å². The first-order chi connectivity index (χ1) is 14.7. The molecule has 2 aromatic carbocycles. The Hall–Kier alpha value is -3.56. The molecule has 2 aliphatic rings. The fraction of sp³-hybridized carbons (Fsp3) is 0.238. The minimum Gasteiger partial charge on any atom is -0.406 e. The molecule has 1 unspecified atom stereocenters. The number of amides is 3. The van der Waals surface area contributed by atoms with Crippen LogP contribution in [0.25, 0.3) is 10.9 Å². The molecule has 1 atom stereocenters. The maximum absolute atomic E-state index is 14.0. The third kappa shape index (κ3) is 3.37. The van der Waals surface area contributed by atoms with Crippen LogP contribution in [0.5, 0.6) is 5.75 Å². The molecule has 0 radical (unpaired) electrons. The van der Waals surface area contributed by atoms with Crippen molar-refractivity contribution in [1.82, 2.24) is 14.8 Å². The summed E-state index contributed by atoms with van der Waals surface area (Å²) in [4.78, 5) is 25.7. The third-order valence-corrected chi connectivity index (χ3v) is 5.61. The van der Waals surface area contributed by atoms with E-state index < -0.39 is 30.2 Å². The Morgan fingerprint density at radius 2 is 1.94 bits per heavy atom. The highest BCUT2D eigenvalue weighted by Crippen LogP contribution is 2.36. The number of nitrogens with one attached hydrogen (secondary N) is 1. The molecule has 3 amide bonds. The molecule has 0 spiro atoms. The van der Waals surface area contributed by atoms with Crippen LogP contribution in [0.3, 0.4) is 0 Å². The molecule has 5 rings (SSSR count). The van der Waals surface area contributed by atoms with Gasteiger partial charge in [-0.25, -0.2) is 9.18 Å². The molecule has 1 aromatic heterocycles. The van der Waals surface area contributed by atoms with Gasteiger partial charge in [-0.05, 0) is 41.5 Å². The lowest BCUT2D eigenvalue weighted by Gasteiger charge is -2.28. The second-order valence-corrected chi connectivity index (χ2v) is 7.51. The molecule has 0 bridgehead atoms. The lowest BCUT2D eigenvalue weighted by molar-refractivity contribution is -0.274. The third-order valence-electron chi connectivity index (χ3n) is 5.61. The van der Waals surface area contributed by atoms with E-state index in [1.54, 1.807) is 12.1 Å². The molecule has 160 valence electrons. The number of benzene rings is 2. The van der Waals surface area contributed by atoms with Gasteiger partial charge in [-0.15, -0.1) is 13.2 Å². The van der Waals surface area contributed by atoms with Gasteiger partial charge < -0.3 is 14.2 Å². The molecule has 3 aromatic rings. The number of carbonyl (C=O) groups excluding carboxylic acids is 2. The maximum Gasteiger partial charge on any atom is 0.573 e. The largest absolute Gasteiger partial charge is 0.573 e. The number of nitrogens with zero attached hydrogens (tertiary/aromatic N) is 2. The summed E-state index contributed by atoms with van der Waals surface area (Å²) in [7, 11) is 0. The van der Waals surface area contributed by atoms with Gasteiger partial charge in [0.05, 0.1) is 6.54 Å². The van der Waals surface area contributed by atoms with E-state index in [1.165, 1.54) is 35.2 Å². The van der Waals surface area contributed by atoms with Crippen LogP contribution in [0.15, 0.2) is 42.5 Å². The minimum atomic E-state index is -4.81. The van der Waals surface area contributed by atoms with Crippen molar-refractivity contribution in [3.63, 3.8) is 0 Å². The monoisotopic (exact) mass is 433 g/mol. The summed E-state index contributed by atoms with van der Waals surface area (Å²) in [5.41, 5.74) is 2.67. The number of fused-ring (bicyclic) bond motifs is 4. The van der Waals surface area contributed by atoms with Gasteiger partial charge in [-0.3, -0.25) is 10.1 Å². The number of rotatable bonds is 3. The minimum absolute atomic E-state index is 0.132. The number of imide groups is 1. The van der Waals surface area contributed by atoms with Crippen LogP contribution < -0.4 is 10.1 Å². The molecule has 1 saturated heterocycles. The fourth-order valence-electron chi connectivity index (χ4n) is 4.34. The van der Waals surface area contributed by atoms with Crippen molar-refractivity contribution in [2.75, 3.05) is 0 Å². The van der Waals surface area contributed by atoms with Crippen molar-refractivity contribution in [2.24, 2.45) is 0 Å². The average Bonchev–Trinajstić information content (AvgIpc) is 3.13. The fourth-order valence-corrected chi connectivity index (χ4v) is 4.34. The molecule has 10 heteroatoms. The second kappa shape index (κ2) is 6.73. The number of hydrogen-bond donors (Lipinski definition) is 1. The second-order valence-electron chi connectivity index (χ2n) is 7.51. The Kier molecular flexibility index (Phi) is 4.21. The predicted octanol–water partition coefficient (Wildman–Crippen LogP) is 3.70. The summed E-state index contributed by atoms with van der Waals surface area (Å²) in [6, 6.07) is 8.71. The number of halogens is 4. The Morgan fingerprint density at radius 3 is 2.71 bits per heavy atom. The van der Waals surface area contributed by atoms with E-state index in [4.69, 9.17) is 0 Å². The van der Waals surface area contributed by atoms with Crippen LogP contribution >= 0.6 is 0 Å². The van der Waals surface area contributed by atoms with Gasteiger partial charge in [0.25, 0.3) is 5.91 Å². The Morgan fingerprint density at radius 1 is 1.13 bits per heavy atom. The van der Waals surface area contributed by atoms with E-state index in [0.29, 0.717) is 22.2 Å². The highest BCUT2D eigenvalue weighted by molar-refractivity contribution is 6.05. The SMILES string of the molecule is O=C1NC(=O)N2Cc3c(c4cc(F)ccc4n3Cc3cccc(OC(F)(F)F)c3)CC12. The van der Waals surface area contributed by atoms with E-state index in [0.717, 1.165) is 5.56 Å². The van der Waals surface area contributed by atoms with Crippen molar-refractivity contribution >= 4 is 22.8 Å². The van der Waals surface area contributed by atoms with Gasteiger partial charge in [0, 0.05) is 29.6 Å². The van der Waals surface area contributed by atoms with Crippen molar-refractivity contribution < 1.29 is 31.9 Å². The summed E-state index contributed by atoms with van der Waals surface area (Å²) in [6.07, 6.45) is -4.57. The first-order valence-corrected chi connectivity index (χ1v) is 9.45. The van der Waals surface area contributed by atoms with Crippen LogP contribution in [0.4, 0.5) is 22.4 Å². The standard InChI is InChI=1S/C21H15F4N3O3/c22-12-4-5-16-14(7-12)15-8-17-19(29)26-20(30)28(17)10-18(15)27(16)9-11-2-1-3-13(6-11)31-21(23,24)25/h1-7,17H,8-10H2,(H,26,29,30). The lowest BCUT2D eigenvalue weighted by atomic mass is 9.97. The topological polar surface area (TPSA) is 63.6 Å². The quantitative estimate of drug-likeness (QED) is 0.506. The molecule has 1 N–H and O–H groups in total. The van der Waals surface area contributed by atoms with Gasteiger partial charge in [-0.1, -0.05) is 12.1 Å². The number of ether oxygens (including phenoxy) is 1. The van der Waals surface area contributed by atoms with Crippen LogP contribution in [-0.2, 0) is 24.3 Å². The summed E-state index contributed by atoms with van der Waals surface area (Å²) >= 11 is 0. The number of alkyl halides is 3. The highest BCUT2D eigenvalue weighted by Gasteiger charge is 2.43. The van der Waals surface area contributed by atoms with E-state index in [-0.39, 0.29) is 25.3 Å². The number of carbonyl (C=O) groups is 2. The zero-order chi connectivity index (χ0) is 21.9. The Labute approximate surface area is 173 Å². The molecule has 0 saturated carbocycles. The molecular weight excluding hydrogens is 418 g/mol. The molecule has 3 heterocycles. The smallest absolute Gasteiger partial charge is 0.406 e. The van der Waals surface area contributed by atoms with Gasteiger partial charge >= 0.3 is 12.4 Å². The maximum atomic E-state index is 14.0. The highest BCUT2D eigenvalue weighted by atomic mass is 19.4. The van der Waals surface area contributed by atoms with Crippen LogP contribution in [0.1, 0.15) is 16.8 Å². The summed E-state index contributed by atoms with van der Waals surface area (Å²) in [5, 5.41) is 2.90. The lowest BCUT2D eigenvalue weighted by Crippen LogP contribution is -2.40. The number of aromatic nitrogens is 1. The number of urea groups is 1. The molecular formula is C21H15F4N3O3. The zero-order valence-corrected chi connectivity index (χ0v) is 15.9. The predicted molar refractivity (Wildman–Crippen MR) is 101 cm³/mol. The molecule has 31 heavy (non-hydrogen) atoms. The summed E-state index contributed by atoms with van der Waals surface area (Å²) in [5.74, 6) is -1.18. The molecule has 6 nitrogen and oxygen atoms in total. The van der Waals surface area contributed by atoms with Crippen molar-refractivity contribution in [3.05, 3.63) is 65.1 Å². The molecule has 0 aliphatic carbocycles. The molecule has 1 fully saturated rings. The van der Waals surface area contributed by atoms with Crippen molar-refractivity contribution in [1.29, 1.82) is 0 Å². The van der Waals surface area contributed by atoms with E-state index in [1.807, 2.05) is 4.57 Å². The first-order valence-electron chi connectivity index (χ1n) is 9.45. The normalized spacial score (nSPS) is 18.2. The van der Waals surface area contributed by atoms with E-state index >= 15 is 0 Å². The van der Waals surface area contributed by atoms with Crippen molar-refractivity contribution in [3.8, 4) is 5.75 Å². The van der Waals surface area contributed by atoms with Gasteiger partial charge in [0.1, 0.15) is 17.6 Å². The van der Waals surface area contributed by atoms with Crippen molar-refractivity contribution in [2.45, 2.75) is 31.9 Å². The summed E-state index contributed by atoms with van der Waals surface area (Å²) < 4.78 is 57.6. The summed E-state index contributed by atoms with van der Waals surface area (Å²) in [6.45, 7) is 0.313. The van der Waals surface area contributed by atoms with Crippen LogP contribution in [0.2, 0.25) is 0 Å². The van der Waals surface area contributed by atoms with Gasteiger partial charge in [-0.2, -0.15) is 0 Å². The first kappa shape index (κ1) is 19.4. The van der Waals surface area contributed by atoms with E-state index in [2.05, 4.69) is 10.1 Å². The Balaban J connectivity index is 1.59. The van der Waals surface area contributed by atoms with Crippen LogP contribution in [0, 0.1) is 5.82 Å². The van der Waals surface area contributed by atoms with E-state index in [9.17, 15) is 27.2 Å². The zero-order valence-electron chi connectivity index (χ0n) is 15.9. The van der Waals surface area contributed by atoms with Gasteiger partial charge in [0.2, 0.25) is 0 Å².